The van der Waals surface area contributed by atoms with Crippen molar-refractivity contribution in [3.8, 4) is 5.75 Å². The second kappa shape index (κ2) is 6.71. The van der Waals surface area contributed by atoms with Crippen molar-refractivity contribution >= 4 is 11.4 Å². The lowest BCUT2D eigenvalue weighted by Crippen LogP contribution is -2.39. The molecule has 2 unspecified atom stereocenters. The van der Waals surface area contributed by atoms with E-state index >= 15 is 0 Å². The minimum atomic E-state index is -0.668. The lowest BCUT2D eigenvalue weighted by molar-refractivity contribution is -0.385. The molecule has 1 aromatic carbocycles. The van der Waals surface area contributed by atoms with Gasteiger partial charge in [0.15, 0.2) is 11.6 Å². The third-order valence-corrected chi connectivity index (χ3v) is 3.88. The predicted octanol–water partition coefficient (Wildman–Crippen LogP) is 2.81. The molecule has 2 atom stereocenters. The first-order chi connectivity index (χ1) is 10.0. The second-order valence-electron chi connectivity index (χ2n) is 5.31. The molecular formula is C14H20FN3O3. The summed E-state index contributed by atoms with van der Waals surface area (Å²) in [5.41, 5.74) is 5.91. The van der Waals surface area contributed by atoms with Crippen LogP contribution in [-0.4, -0.2) is 24.1 Å². The van der Waals surface area contributed by atoms with E-state index in [0.29, 0.717) is 0 Å². The van der Waals surface area contributed by atoms with Crippen LogP contribution in [0.3, 0.4) is 0 Å². The van der Waals surface area contributed by atoms with Crippen molar-refractivity contribution in [2.45, 2.75) is 44.2 Å². The molecule has 0 amide bonds. The largest absolute Gasteiger partial charge is 0.490 e. The third kappa shape index (κ3) is 3.60. The third-order valence-electron chi connectivity index (χ3n) is 3.88. The molecule has 21 heavy (non-hydrogen) atoms. The Kier molecular flexibility index (Phi) is 4.95. The highest BCUT2D eigenvalue weighted by molar-refractivity contribution is 5.59. The molecule has 0 radical (unpaired) electrons. The van der Waals surface area contributed by atoms with E-state index in [2.05, 4.69) is 5.32 Å². The molecule has 1 aliphatic carbocycles. The number of rotatable bonds is 4. The Balaban J connectivity index is 2.25. The molecule has 1 saturated carbocycles. The number of nitrogens with two attached hydrogens (primary N) is 1. The molecule has 0 saturated heterocycles. The fourth-order valence-corrected chi connectivity index (χ4v) is 2.67. The molecular weight excluding hydrogens is 277 g/mol. The van der Waals surface area contributed by atoms with Gasteiger partial charge in [-0.05, 0) is 12.8 Å². The number of hydrogen-bond donors (Lipinski definition) is 2. The van der Waals surface area contributed by atoms with Crippen LogP contribution in [0, 0.1) is 15.9 Å². The van der Waals surface area contributed by atoms with Gasteiger partial charge in [-0.2, -0.15) is 0 Å². The van der Waals surface area contributed by atoms with E-state index in [1.165, 1.54) is 13.2 Å². The molecule has 6 nitrogen and oxygen atoms in total. The molecule has 0 aliphatic heterocycles. The molecule has 1 aromatic rings. The summed E-state index contributed by atoms with van der Waals surface area (Å²) in [6.45, 7) is 0. The van der Waals surface area contributed by atoms with Gasteiger partial charge in [0.2, 0.25) is 0 Å². The highest BCUT2D eigenvalue weighted by Gasteiger charge is 2.24. The van der Waals surface area contributed by atoms with Crippen LogP contribution in [-0.2, 0) is 0 Å². The van der Waals surface area contributed by atoms with Gasteiger partial charge in [0.1, 0.15) is 0 Å². The molecule has 7 heteroatoms. The number of nitro benzene ring substituents is 1. The highest BCUT2D eigenvalue weighted by atomic mass is 19.1. The maximum Gasteiger partial charge on any atom is 0.313 e. The van der Waals surface area contributed by atoms with Gasteiger partial charge in [-0.25, -0.2) is 4.39 Å². The Morgan fingerprint density at radius 1 is 1.38 bits per heavy atom. The summed E-state index contributed by atoms with van der Waals surface area (Å²) in [6, 6.07) is 2.12. The highest BCUT2D eigenvalue weighted by Crippen LogP contribution is 2.33. The number of ether oxygens (including phenoxy) is 1. The molecule has 116 valence electrons. The van der Waals surface area contributed by atoms with Crippen LogP contribution in [0.1, 0.15) is 32.1 Å². The number of nitrogens with zero attached hydrogens (tertiary/aromatic N) is 1. The van der Waals surface area contributed by atoms with Crippen LogP contribution in [0.25, 0.3) is 0 Å². The Hall–Kier alpha value is -1.89. The van der Waals surface area contributed by atoms with Crippen LogP contribution in [0.4, 0.5) is 15.8 Å². The average molecular weight is 297 g/mol. The van der Waals surface area contributed by atoms with E-state index < -0.39 is 10.7 Å². The van der Waals surface area contributed by atoms with Gasteiger partial charge in [0.05, 0.1) is 23.8 Å². The van der Waals surface area contributed by atoms with Crippen molar-refractivity contribution in [2.24, 2.45) is 5.73 Å². The number of benzene rings is 1. The van der Waals surface area contributed by atoms with Crippen molar-refractivity contribution in [2.75, 3.05) is 12.4 Å². The van der Waals surface area contributed by atoms with Gasteiger partial charge in [0, 0.05) is 18.2 Å². The Bertz CT molecular complexity index is 524. The second-order valence-corrected chi connectivity index (χ2v) is 5.31. The van der Waals surface area contributed by atoms with Gasteiger partial charge in [0.25, 0.3) is 0 Å². The van der Waals surface area contributed by atoms with Crippen LogP contribution >= 0.6 is 0 Å². The first-order valence-corrected chi connectivity index (χ1v) is 7.07. The fraction of sp³-hybridized carbons (Fsp3) is 0.571. The number of hydrogen-bond acceptors (Lipinski definition) is 5. The Morgan fingerprint density at radius 2 is 2.10 bits per heavy atom. The van der Waals surface area contributed by atoms with E-state index in [4.69, 9.17) is 10.5 Å². The molecule has 0 bridgehead atoms. The first kappa shape index (κ1) is 15.5. The zero-order chi connectivity index (χ0) is 15.4. The van der Waals surface area contributed by atoms with E-state index in [1.54, 1.807) is 0 Å². The Labute approximate surface area is 122 Å². The fourth-order valence-electron chi connectivity index (χ4n) is 2.67. The van der Waals surface area contributed by atoms with Crippen LogP contribution in [0.15, 0.2) is 12.1 Å². The quantitative estimate of drug-likeness (QED) is 0.506. The smallest absolute Gasteiger partial charge is 0.313 e. The van der Waals surface area contributed by atoms with Crippen molar-refractivity contribution in [3.05, 3.63) is 28.1 Å². The van der Waals surface area contributed by atoms with Gasteiger partial charge in [-0.15, -0.1) is 0 Å². The SMILES string of the molecule is COc1cc(NC2CCCCCC2N)c(F)cc1[N+](=O)[O-]. The predicted molar refractivity (Wildman–Crippen MR) is 78.1 cm³/mol. The number of nitro groups is 1. The summed E-state index contributed by atoms with van der Waals surface area (Å²) in [7, 11) is 1.32. The minimum absolute atomic E-state index is 0.0334. The summed E-state index contributed by atoms with van der Waals surface area (Å²) in [5, 5.41) is 13.9. The molecule has 0 heterocycles. The van der Waals surface area contributed by atoms with E-state index in [0.717, 1.165) is 38.2 Å². The molecule has 1 aliphatic rings. The molecule has 3 N–H and O–H groups in total. The summed E-state index contributed by atoms with van der Waals surface area (Å²) in [4.78, 5) is 10.2. The van der Waals surface area contributed by atoms with Crippen LogP contribution in [0.2, 0.25) is 0 Å². The number of nitrogens with one attached hydrogen (secondary N) is 1. The summed E-state index contributed by atoms with van der Waals surface area (Å²) in [5.74, 6) is -0.634. The van der Waals surface area contributed by atoms with Gasteiger partial charge < -0.3 is 15.8 Å². The normalized spacial score (nSPS) is 22.4. The zero-order valence-corrected chi connectivity index (χ0v) is 12.0. The maximum absolute atomic E-state index is 14.0. The standard InChI is InChI=1S/C14H20FN3O3/c1-21-14-8-12(9(15)7-13(14)18(19)20)17-11-6-4-2-3-5-10(11)16/h7-8,10-11,17H,2-6,16H2,1H3. The van der Waals surface area contributed by atoms with Gasteiger partial charge in [-0.3, -0.25) is 10.1 Å². The van der Waals surface area contributed by atoms with Crippen LogP contribution in [0.5, 0.6) is 5.75 Å². The molecule has 1 fully saturated rings. The number of halogens is 1. The van der Waals surface area contributed by atoms with Crippen molar-refractivity contribution in [1.82, 2.24) is 0 Å². The number of anilines is 1. The van der Waals surface area contributed by atoms with Crippen LogP contribution < -0.4 is 15.8 Å². The molecule has 0 aromatic heterocycles. The van der Waals surface area contributed by atoms with Crippen molar-refractivity contribution in [1.29, 1.82) is 0 Å². The van der Waals surface area contributed by atoms with E-state index in [1.807, 2.05) is 0 Å². The lowest BCUT2D eigenvalue weighted by atomic mass is 10.0. The zero-order valence-electron chi connectivity index (χ0n) is 12.0. The topological polar surface area (TPSA) is 90.4 Å². The Morgan fingerprint density at radius 3 is 2.76 bits per heavy atom. The first-order valence-electron chi connectivity index (χ1n) is 7.07. The lowest BCUT2D eigenvalue weighted by Gasteiger charge is -2.24. The summed E-state index contributed by atoms with van der Waals surface area (Å²) >= 11 is 0. The van der Waals surface area contributed by atoms with Crippen molar-refractivity contribution < 1.29 is 14.1 Å². The number of methoxy groups -OCH3 is 1. The molecule has 2 rings (SSSR count). The van der Waals surface area contributed by atoms with Gasteiger partial charge >= 0.3 is 5.69 Å². The van der Waals surface area contributed by atoms with E-state index in [9.17, 15) is 14.5 Å². The average Bonchev–Trinajstić information content (AvgIpc) is 2.65. The summed E-state index contributed by atoms with van der Waals surface area (Å²) in [6.07, 6.45) is 4.99. The monoisotopic (exact) mass is 297 g/mol. The summed E-state index contributed by atoms with van der Waals surface area (Å²) < 4.78 is 19.0. The minimum Gasteiger partial charge on any atom is -0.490 e. The molecule has 0 spiro atoms. The van der Waals surface area contributed by atoms with E-state index in [-0.39, 0.29) is 29.2 Å². The van der Waals surface area contributed by atoms with Gasteiger partial charge in [-0.1, -0.05) is 19.3 Å². The van der Waals surface area contributed by atoms with Crippen molar-refractivity contribution in [3.63, 3.8) is 0 Å². The maximum atomic E-state index is 14.0.